The fraction of sp³-hybridized carbons (Fsp3) is 0.905. The van der Waals surface area contributed by atoms with Gasteiger partial charge in [0, 0.05) is 12.5 Å². The van der Waals surface area contributed by atoms with E-state index in [0.717, 1.165) is 32.1 Å². The van der Waals surface area contributed by atoms with Crippen molar-refractivity contribution in [1.29, 1.82) is 0 Å². The molecule has 0 aliphatic heterocycles. The van der Waals surface area contributed by atoms with Crippen LogP contribution in [0.4, 0.5) is 0 Å². The molecule has 0 radical (unpaired) electrons. The molecule has 9 nitrogen and oxygen atoms in total. The Bertz CT molecular complexity index is 907. The Labute approximate surface area is 320 Å². The molecular weight excluding hydrogens is 677 g/mol. The highest BCUT2D eigenvalue weighted by atomic mass is 31.2. The minimum absolute atomic E-state index is 0.0276. The average molecular weight is 761 g/mol. The van der Waals surface area contributed by atoms with Gasteiger partial charge in [0.2, 0.25) is 0 Å². The number of nitrogens with zero attached hydrogens (tertiary/aromatic N) is 1. The summed E-state index contributed by atoms with van der Waals surface area (Å²) in [5, 5.41) is 0. The maximum Gasteiger partial charge on any atom is 0.472 e. The summed E-state index contributed by atoms with van der Waals surface area (Å²) in [4.78, 5) is 35.2. The van der Waals surface area contributed by atoms with E-state index in [-0.39, 0.29) is 19.6 Å². The van der Waals surface area contributed by atoms with Crippen LogP contribution in [-0.4, -0.2) is 74.9 Å². The van der Waals surface area contributed by atoms with E-state index in [4.69, 9.17) is 18.5 Å². The van der Waals surface area contributed by atoms with Crippen molar-refractivity contribution < 1.29 is 42.1 Å². The first-order valence-corrected chi connectivity index (χ1v) is 22.9. The predicted octanol–water partition coefficient (Wildman–Crippen LogP) is 11.8. The first-order valence-electron chi connectivity index (χ1n) is 21.4. The fourth-order valence-electron chi connectivity index (χ4n) is 5.98. The van der Waals surface area contributed by atoms with Gasteiger partial charge in [-0.3, -0.25) is 13.8 Å². The van der Waals surface area contributed by atoms with Crippen LogP contribution in [-0.2, 0) is 32.7 Å². The van der Waals surface area contributed by atoms with Crippen molar-refractivity contribution in [2.75, 3.05) is 47.5 Å². The topological polar surface area (TPSA) is 108 Å². The van der Waals surface area contributed by atoms with Crippen molar-refractivity contribution in [3.8, 4) is 0 Å². The van der Waals surface area contributed by atoms with E-state index < -0.39 is 32.5 Å². The molecule has 0 aliphatic rings. The van der Waals surface area contributed by atoms with Crippen LogP contribution in [0.3, 0.4) is 0 Å². The standard InChI is InChI=1S/C42H82NO8P/c1-6-8-10-12-14-16-18-20-21-23-24-26-28-30-32-34-41(44)48-38-40(39-50-52(46,47)49-37-36-43(3,4)5)51-42(45)35-33-31-29-27-25-22-19-17-15-13-11-9-7-2/h32,34,40H,6-31,33,35-39H2,1-5H3/p+1/t40-/m1/s1. The monoisotopic (exact) mass is 761 g/mol. The zero-order valence-corrected chi connectivity index (χ0v) is 35.5. The Morgan fingerprint density at radius 3 is 1.48 bits per heavy atom. The number of hydrogen-bond acceptors (Lipinski definition) is 7. The number of carbonyl (C=O) groups excluding carboxylic acids is 2. The van der Waals surface area contributed by atoms with Crippen molar-refractivity contribution >= 4 is 19.8 Å². The third-order valence-electron chi connectivity index (χ3n) is 9.36. The summed E-state index contributed by atoms with van der Waals surface area (Å²) in [7, 11) is 1.46. The third-order valence-corrected chi connectivity index (χ3v) is 10.3. The molecule has 0 aliphatic carbocycles. The van der Waals surface area contributed by atoms with Gasteiger partial charge in [0.25, 0.3) is 0 Å². The Hall–Kier alpha value is -1.25. The molecule has 0 saturated carbocycles. The van der Waals surface area contributed by atoms with Gasteiger partial charge in [0.05, 0.1) is 27.7 Å². The number of allylic oxidation sites excluding steroid dienone is 1. The van der Waals surface area contributed by atoms with Crippen LogP contribution in [0, 0.1) is 0 Å². The van der Waals surface area contributed by atoms with Gasteiger partial charge < -0.3 is 18.9 Å². The Morgan fingerprint density at radius 1 is 0.615 bits per heavy atom. The van der Waals surface area contributed by atoms with Gasteiger partial charge in [-0.25, -0.2) is 9.36 Å². The van der Waals surface area contributed by atoms with Crippen LogP contribution < -0.4 is 0 Å². The second kappa shape index (κ2) is 35.5. The molecule has 308 valence electrons. The molecule has 0 aromatic rings. The molecule has 52 heavy (non-hydrogen) atoms. The fourth-order valence-corrected chi connectivity index (χ4v) is 6.72. The number of phosphoric ester groups is 1. The van der Waals surface area contributed by atoms with Crippen molar-refractivity contribution in [1.82, 2.24) is 0 Å². The summed E-state index contributed by atoms with van der Waals surface area (Å²) in [5.41, 5.74) is 0. The van der Waals surface area contributed by atoms with Gasteiger partial charge >= 0.3 is 19.8 Å². The molecule has 0 heterocycles. The van der Waals surface area contributed by atoms with Gasteiger partial charge in [-0.05, 0) is 19.3 Å². The summed E-state index contributed by atoms with van der Waals surface area (Å²) in [6, 6.07) is 0. The number of phosphoric acid groups is 1. The normalized spacial score (nSPS) is 13.7. The molecule has 2 atom stereocenters. The number of esters is 2. The highest BCUT2D eigenvalue weighted by Gasteiger charge is 2.26. The van der Waals surface area contributed by atoms with Crippen molar-refractivity contribution in [2.24, 2.45) is 0 Å². The minimum atomic E-state index is -4.38. The van der Waals surface area contributed by atoms with E-state index in [2.05, 4.69) is 13.8 Å². The second-order valence-electron chi connectivity index (χ2n) is 15.8. The lowest BCUT2D eigenvalue weighted by Crippen LogP contribution is -2.37. The van der Waals surface area contributed by atoms with Crippen molar-refractivity contribution in [2.45, 2.75) is 200 Å². The molecule has 0 aromatic heterocycles. The third kappa shape index (κ3) is 38.5. The summed E-state index contributed by atoms with van der Waals surface area (Å²) >= 11 is 0. The number of rotatable bonds is 39. The van der Waals surface area contributed by atoms with E-state index in [0.29, 0.717) is 17.4 Å². The second-order valence-corrected chi connectivity index (χ2v) is 17.2. The van der Waals surface area contributed by atoms with Crippen LogP contribution in [0.2, 0.25) is 0 Å². The largest absolute Gasteiger partial charge is 0.472 e. The molecule has 10 heteroatoms. The Morgan fingerprint density at radius 2 is 1.04 bits per heavy atom. The van der Waals surface area contributed by atoms with Gasteiger partial charge in [0.1, 0.15) is 19.8 Å². The quantitative estimate of drug-likeness (QED) is 0.0217. The summed E-state index contributed by atoms with van der Waals surface area (Å²) in [5.74, 6) is -0.983. The number of unbranched alkanes of at least 4 members (excludes halogenated alkanes) is 25. The number of hydrogen-bond donors (Lipinski definition) is 1. The van der Waals surface area contributed by atoms with Crippen LogP contribution in [0.1, 0.15) is 194 Å². The molecule has 0 aromatic carbocycles. The zero-order chi connectivity index (χ0) is 38.6. The van der Waals surface area contributed by atoms with E-state index in [1.807, 2.05) is 27.2 Å². The SMILES string of the molecule is CCCCCCCCCCCCCCCC=CC(=O)OC[C@H](COP(=O)(O)OCC[N+](C)(C)C)OC(=O)CCCCCCCCCCCCCCC. The van der Waals surface area contributed by atoms with Crippen LogP contribution >= 0.6 is 7.82 Å². The minimum Gasteiger partial charge on any atom is -0.458 e. The summed E-state index contributed by atoms with van der Waals surface area (Å²) < 4.78 is 34.1. The lowest BCUT2D eigenvalue weighted by atomic mass is 10.0. The molecule has 0 fully saturated rings. The van der Waals surface area contributed by atoms with Crippen LogP contribution in [0.25, 0.3) is 0 Å². The molecule has 0 spiro atoms. The van der Waals surface area contributed by atoms with E-state index in [1.165, 1.54) is 141 Å². The number of ether oxygens (including phenoxy) is 2. The molecule has 0 saturated heterocycles. The highest BCUT2D eigenvalue weighted by Crippen LogP contribution is 2.43. The maximum absolute atomic E-state index is 12.6. The van der Waals surface area contributed by atoms with E-state index in [1.54, 1.807) is 0 Å². The predicted molar refractivity (Wildman–Crippen MR) is 215 cm³/mol. The molecule has 1 unspecified atom stereocenters. The van der Waals surface area contributed by atoms with Crippen LogP contribution in [0.5, 0.6) is 0 Å². The molecule has 0 amide bonds. The number of likely N-dealkylation sites (N-methyl/N-ethyl adjacent to an activating group) is 1. The smallest absolute Gasteiger partial charge is 0.458 e. The van der Waals surface area contributed by atoms with Crippen LogP contribution in [0.15, 0.2) is 12.2 Å². The van der Waals surface area contributed by atoms with Crippen molar-refractivity contribution in [3.05, 3.63) is 12.2 Å². The zero-order valence-electron chi connectivity index (χ0n) is 34.6. The van der Waals surface area contributed by atoms with Gasteiger partial charge in [-0.2, -0.15) is 0 Å². The average Bonchev–Trinajstić information content (AvgIpc) is 3.09. The summed E-state index contributed by atoms with van der Waals surface area (Å²) in [6.45, 7) is 4.35. The molecule has 1 N–H and O–H groups in total. The lowest BCUT2D eigenvalue weighted by molar-refractivity contribution is -0.870. The van der Waals surface area contributed by atoms with E-state index >= 15 is 0 Å². The highest BCUT2D eigenvalue weighted by molar-refractivity contribution is 7.47. The first kappa shape index (κ1) is 50.8. The summed E-state index contributed by atoms with van der Waals surface area (Å²) in [6.07, 6.45) is 35.8. The first-order chi connectivity index (χ1) is 25.0. The molecule has 0 rings (SSSR count). The van der Waals surface area contributed by atoms with Gasteiger partial charge in [-0.1, -0.05) is 174 Å². The molecule has 0 bridgehead atoms. The number of carbonyl (C=O) groups is 2. The Balaban J connectivity index is 4.40. The Kier molecular flexibility index (Phi) is 34.6. The van der Waals surface area contributed by atoms with Gasteiger partial charge in [0.15, 0.2) is 6.10 Å². The number of quaternary nitrogens is 1. The molecular formula is C42H83NO8P+. The van der Waals surface area contributed by atoms with Gasteiger partial charge in [-0.15, -0.1) is 0 Å². The van der Waals surface area contributed by atoms with Crippen molar-refractivity contribution in [3.63, 3.8) is 0 Å². The van der Waals surface area contributed by atoms with E-state index in [9.17, 15) is 19.0 Å². The maximum atomic E-state index is 12.6. The lowest BCUT2D eigenvalue weighted by Gasteiger charge is -2.24.